The summed E-state index contributed by atoms with van der Waals surface area (Å²) in [5.74, 6) is -0.400. The second kappa shape index (κ2) is 4.28. The maximum absolute atomic E-state index is 13.3. The number of H-pyrrole nitrogens is 1. The van der Waals surface area contributed by atoms with E-state index in [2.05, 4.69) is 10.1 Å². The van der Waals surface area contributed by atoms with E-state index in [1.807, 2.05) is 24.3 Å². The number of para-hydroxylation sites is 1. The third kappa shape index (κ3) is 1.74. The standard InChI is InChI=1S/C16H10FN3O/c17-10-4-3-5-11(8-10)20-16(21)13-9-18-14-7-2-1-6-12(14)15(13)19-20/h1-9,18H. The number of benzene rings is 2. The van der Waals surface area contributed by atoms with Crippen LogP contribution in [0.4, 0.5) is 4.39 Å². The monoisotopic (exact) mass is 279 g/mol. The van der Waals surface area contributed by atoms with Crippen LogP contribution in [-0.4, -0.2) is 14.8 Å². The second-order valence-electron chi connectivity index (χ2n) is 4.79. The van der Waals surface area contributed by atoms with Gasteiger partial charge in [0, 0.05) is 17.1 Å². The van der Waals surface area contributed by atoms with Gasteiger partial charge in [0.2, 0.25) is 0 Å². The summed E-state index contributed by atoms with van der Waals surface area (Å²) >= 11 is 0. The van der Waals surface area contributed by atoms with Gasteiger partial charge in [-0.1, -0.05) is 24.3 Å². The molecule has 2 aliphatic heterocycles. The topological polar surface area (TPSA) is 50.7 Å². The Hall–Kier alpha value is -2.95. The summed E-state index contributed by atoms with van der Waals surface area (Å²) in [7, 11) is 0. The number of pyridine rings is 1. The van der Waals surface area contributed by atoms with Gasteiger partial charge >= 0.3 is 0 Å². The highest BCUT2D eigenvalue weighted by Crippen LogP contribution is 2.25. The molecule has 0 aromatic heterocycles. The Balaban J connectivity index is 2.08. The highest BCUT2D eigenvalue weighted by Gasteiger charge is 2.18. The van der Waals surface area contributed by atoms with Gasteiger partial charge in [0.1, 0.15) is 11.5 Å². The maximum atomic E-state index is 13.3. The Morgan fingerprint density at radius 2 is 1.95 bits per heavy atom. The van der Waals surface area contributed by atoms with Crippen LogP contribution in [0.5, 0.6) is 0 Å². The van der Waals surface area contributed by atoms with Crippen molar-refractivity contribution in [3.63, 3.8) is 0 Å². The van der Waals surface area contributed by atoms with E-state index in [1.54, 1.807) is 18.3 Å². The SMILES string of the molecule is O=c1c2c[nH]c3ccccc3c-2nn1-c1cccc(F)c1. The van der Waals surface area contributed by atoms with Gasteiger partial charge in [-0.25, -0.2) is 4.39 Å². The van der Waals surface area contributed by atoms with E-state index in [0.29, 0.717) is 16.9 Å². The molecule has 102 valence electrons. The zero-order valence-electron chi connectivity index (χ0n) is 10.9. The average molecular weight is 279 g/mol. The van der Waals surface area contributed by atoms with E-state index in [4.69, 9.17) is 0 Å². The summed E-state index contributed by atoms with van der Waals surface area (Å²) in [5, 5.41) is 5.23. The summed E-state index contributed by atoms with van der Waals surface area (Å²) in [5.41, 5.74) is 2.14. The van der Waals surface area contributed by atoms with E-state index < -0.39 is 5.82 Å². The van der Waals surface area contributed by atoms with E-state index in [1.165, 1.54) is 16.8 Å². The quantitative estimate of drug-likeness (QED) is 0.582. The molecule has 1 N–H and O–H groups in total. The van der Waals surface area contributed by atoms with Crippen molar-refractivity contribution in [2.45, 2.75) is 0 Å². The molecule has 2 aromatic rings. The van der Waals surface area contributed by atoms with Crippen LogP contribution in [-0.2, 0) is 0 Å². The number of fused-ring (bicyclic) bond motifs is 3. The molecule has 0 radical (unpaired) electrons. The molecule has 4 rings (SSSR count). The number of nitrogens with one attached hydrogen (secondary N) is 1. The normalized spacial score (nSPS) is 11.3. The van der Waals surface area contributed by atoms with Crippen LogP contribution in [0.25, 0.3) is 27.8 Å². The van der Waals surface area contributed by atoms with Crippen molar-refractivity contribution in [2.24, 2.45) is 0 Å². The molecule has 4 nitrogen and oxygen atoms in total. The smallest absolute Gasteiger partial charge is 0.282 e. The molecular formula is C16H10FN3O. The molecule has 21 heavy (non-hydrogen) atoms. The van der Waals surface area contributed by atoms with Crippen molar-refractivity contribution in [3.8, 4) is 16.9 Å². The molecule has 0 fully saturated rings. The molecule has 2 aromatic carbocycles. The van der Waals surface area contributed by atoms with Crippen LogP contribution >= 0.6 is 0 Å². The molecule has 0 bridgehead atoms. The molecule has 0 atom stereocenters. The van der Waals surface area contributed by atoms with Crippen LogP contribution < -0.4 is 5.56 Å². The van der Waals surface area contributed by atoms with Crippen molar-refractivity contribution in [1.29, 1.82) is 0 Å². The number of nitrogens with zero attached hydrogens (tertiary/aromatic N) is 2. The Labute approximate surface area is 118 Å². The number of rotatable bonds is 1. The molecule has 0 aliphatic carbocycles. The Bertz CT molecular complexity index is 986. The molecule has 0 unspecified atom stereocenters. The van der Waals surface area contributed by atoms with Gasteiger partial charge in [0.05, 0.1) is 11.3 Å². The summed E-state index contributed by atoms with van der Waals surface area (Å²) in [4.78, 5) is 15.5. The predicted molar refractivity (Wildman–Crippen MR) is 78.3 cm³/mol. The molecule has 2 aliphatic rings. The largest absolute Gasteiger partial charge is 0.360 e. The summed E-state index contributed by atoms with van der Waals surface area (Å²) in [6.45, 7) is 0. The van der Waals surface area contributed by atoms with Crippen LogP contribution in [0, 0.1) is 5.82 Å². The van der Waals surface area contributed by atoms with Crippen LogP contribution in [0.15, 0.2) is 59.5 Å². The first kappa shape index (κ1) is 11.8. The number of hydrogen-bond acceptors (Lipinski definition) is 2. The van der Waals surface area contributed by atoms with E-state index in [-0.39, 0.29) is 5.56 Å². The third-order valence-electron chi connectivity index (χ3n) is 3.48. The first-order valence-corrected chi connectivity index (χ1v) is 6.49. The fourth-order valence-electron chi connectivity index (χ4n) is 2.49. The molecule has 0 saturated carbocycles. The van der Waals surface area contributed by atoms with Gasteiger partial charge < -0.3 is 4.98 Å². The van der Waals surface area contributed by atoms with Gasteiger partial charge in [-0.05, 0) is 24.3 Å². The minimum atomic E-state index is -0.400. The molecule has 0 amide bonds. The van der Waals surface area contributed by atoms with E-state index >= 15 is 0 Å². The lowest BCUT2D eigenvalue weighted by Crippen LogP contribution is -2.14. The van der Waals surface area contributed by atoms with Crippen LogP contribution in [0.1, 0.15) is 0 Å². The molecular weight excluding hydrogens is 269 g/mol. The van der Waals surface area contributed by atoms with E-state index in [9.17, 15) is 9.18 Å². The van der Waals surface area contributed by atoms with Gasteiger partial charge in [-0.2, -0.15) is 9.78 Å². The number of aromatic nitrogens is 3. The van der Waals surface area contributed by atoms with Crippen molar-refractivity contribution >= 4 is 10.9 Å². The highest BCUT2D eigenvalue weighted by atomic mass is 19.1. The second-order valence-corrected chi connectivity index (χ2v) is 4.79. The lowest BCUT2D eigenvalue weighted by molar-refractivity contribution is 0.625. The zero-order chi connectivity index (χ0) is 14.4. The summed E-state index contributed by atoms with van der Waals surface area (Å²) < 4.78 is 14.6. The molecule has 0 spiro atoms. The van der Waals surface area contributed by atoms with Crippen molar-refractivity contribution < 1.29 is 4.39 Å². The van der Waals surface area contributed by atoms with E-state index in [0.717, 1.165) is 10.9 Å². The van der Waals surface area contributed by atoms with Crippen LogP contribution in [0.3, 0.4) is 0 Å². The summed E-state index contributed by atoms with van der Waals surface area (Å²) in [6.07, 6.45) is 1.64. The molecule has 5 heteroatoms. The van der Waals surface area contributed by atoms with Crippen molar-refractivity contribution in [2.75, 3.05) is 0 Å². The third-order valence-corrected chi connectivity index (χ3v) is 3.48. The van der Waals surface area contributed by atoms with Crippen molar-refractivity contribution in [1.82, 2.24) is 14.8 Å². The molecule has 0 saturated heterocycles. The highest BCUT2D eigenvalue weighted by molar-refractivity contribution is 5.93. The minimum Gasteiger partial charge on any atom is -0.360 e. The maximum Gasteiger partial charge on any atom is 0.282 e. The number of hydrogen-bond donors (Lipinski definition) is 1. The van der Waals surface area contributed by atoms with Gasteiger partial charge in [-0.3, -0.25) is 4.79 Å². The van der Waals surface area contributed by atoms with Gasteiger partial charge in [0.15, 0.2) is 0 Å². The van der Waals surface area contributed by atoms with Gasteiger partial charge in [-0.15, -0.1) is 0 Å². The number of halogens is 1. The Kier molecular flexibility index (Phi) is 2.41. The first-order valence-electron chi connectivity index (χ1n) is 6.49. The fourth-order valence-corrected chi connectivity index (χ4v) is 2.49. The zero-order valence-corrected chi connectivity index (χ0v) is 10.9. The number of aromatic amines is 1. The lowest BCUT2D eigenvalue weighted by atomic mass is 10.1. The first-order chi connectivity index (χ1) is 10.2. The van der Waals surface area contributed by atoms with Gasteiger partial charge in [0.25, 0.3) is 5.56 Å². The Morgan fingerprint density at radius 3 is 2.81 bits per heavy atom. The average Bonchev–Trinajstić information content (AvgIpc) is 2.85. The van der Waals surface area contributed by atoms with Crippen LogP contribution in [0.2, 0.25) is 0 Å². The fraction of sp³-hybridized carbons (Fsp3) is 0. The molecule has 2 heterocycles. The predicted octanol–water partition coefficient (Wildman–Crippen LogP) is 2.96. The summed E-state index contributed by atoms with van der Waals surface area (Å²) in [6, 6.07) is 13.5. The van der Waals surface area contributed by atoms with Crippen molar-refractivity contribution in [3.05, 3.63) is 70.9 Å². The lowest BCUT2D eigenvalue weighted by Gasteiger charge is -2.01. The minimum absolute atomic E-state index is 0.266. The Morgan fingerprint density at radius 1 is 1.10 bits per heavy atom.